The number of carbonyl (C=O) groups is 2. The van der Waals surface area contributed by atoms with Gasteiger partial charge in [0.25, 0.3) is 0 Å². The maximum Gasteiger partial charge on any atom is 0.240 e. The molecule has 2 N–H and O–H groups in total. The van der Waals surface area contributed by atoms with Crippen molar-refractivity contribution in [3.8, 4) is 0 Å². The van der Waals surface area contributed by atoms with E-state index < -0.39 is 0 Å². The summed E-state index contributed by atoms with van der Waals surface area (Å²) in [6.45, 7) is 6.13. The number of hydrogen-bond acceptors (Lipinski definition) is 3. The molecule has 6 heteroatoms. The van der Waals surface area contributed by atoms with Gasteiger partial charge in [-0.15, -0.1) is 0 Å². The van der Waals surface area contributed by atoms with Crippen LogP contribution in [0.3, 0.4) is 0 Å². The zero-order valence-electron chi connectivity index (χ0n) is 12.8. The Balaban J connectivity index is 2.12. The van der Waals surface area contributed by atoms with Crippen LogP contribution in [0, 0.1) is 5.92 Å². The molecule has 2 aliphatic rings. The standard InChI is InChI=1S/C16H18BrN3O2/c1-8-4-12(21)19-20-14(8)9-5-10-15(11(17)6-9)18-13(22)7-16(10,2)3/h5-6,8H,4,7H2,1-3H3,(H,18,22)(H,19,21). The average Bonchev–Trinajstić information content (AvgIpc) is 2.39. The molecule has 0 saturated carbocycles. The Morgan fingerprint density at radius 1 is 1.27 bits per heavy atom. The maximum absolute atomic E-state index is 11.9. The first-order valence-electron chi connectivity index (χ1n) is 7.28. The molecule has 2 heterocycles. The fraction of sp³-hybridized carbons (Fsp3) is 0.438. The van der Waals surface area contributed by atoms with Crippen molar-refractivity contribution < 1.29 is 9.59 Å². The van der Waals surface area contributed by atoms with Crippen molar-refractivity contribution in [1.82, 2.24) is 5.43 Å². The molecule has 0 aromatic heterocycles. The lowest BCUT2D eigenvalue weighted by molar-refractivity contribution is -0.122. The third kappa shape index (κ3) is 2.56. The van der Waals surface area contributed by atoms with Crippen LogP contribution < -0.4 is 10.7 Å². The molecule has 1 aromatic carbocycles. The number of hydrogen-bond donors (Lipinski definition) is 2. The predicted octanol–water partition coefficient (Wildman–Crippen LogP) is 2.93. The first-order valence-corrected chi connectivity index (χ1v) is 8.08. The lowest BCUT2D eigenvalue weighted by Crippen LogP contribution is -2.34. The van der Waals surface area contributed by atoms with Crippen LogP contribution in [0.1, 0.15) is 44.7 Å². The van der Waals surface area contributed by atoms with E-state index in [9.17, 15) is 9.59 Å². The summed E-state index contributed by atoms with van der Waals surface area (Å²) >= 11 is 3.55. The third-order valence-electron chi connectivity index (χ3n) is 4.24. The van der Waals surface area contributed by atoms with Crippen LogP contribution in [0.2, 0.25) is 0 Å². The number of halogens is 1. The van der Waals surface area contributed by atoms with Gasteiger partial charge < -0.3 is 5.32 Å². The summed E-state index contributed by atoms with van der Waals surface area (Å²) in [5, 5.41) is 7.16. The number of nitrogens with one attached hydrogen (secondary N) is 2. The summed E-state index contributed by atoms with van der Waals surface area (Å²) in [5.41, 5.74) is 6.08. The van der Waals surface area contributed by atoms with Crippen LogP contribution >= 0.6 is 15.9 Å². The molecule has 0 saturated heterocycles. The van der Waals surface area contributed by atoms with Crippen LogP contribution in [0.4, 0.5) is 5.69 Å². The Hall–Kier alpha value is -1.69. The van der Waals surface area contributed by atoms with Crippen molar-refractivity contribution in [3.63, 3.8) is 0 Å². The number of rotatable bonds is 1. The van der Waals surface area contributed by atoms with Gasteiger partial charge in [-0.25, -0.2) is 5.43 Å². The molecule has 3 rings (SSSR count). The molecule has 1 aromatic rings. The molecule has 2 amide bonds. The highest BCUT2D eigenvalue weighted by atomic mass is 79.9. The van der Waals surface area contributed by atoms with Crippen molar-refractivity contribution >= 4 is 39.1 Å². The molecule has 0 bridgehead atoms. The minimum atomic E-state index is -0.238. The van der Waals surface area contributed by atoms with Gasteiger partial charge in [0.05, 0.1) is 11.4 Å². The van der Waals surface area contributed by atoms with E-state index in [2.05, 4.69) is 51.7 Å². The molecule has 5 nitrogen and oxygen atoms in total. The summed E-state index contributed by atoms with van der Waals surface area (Å²) < 4.78 is 0.841. The predicted molar refractivity (Wildman–Crippen MR) is 88.9 cm³/mol. The van der Waals surface area contributed by atoms with Gasteiger partial charge in [-0.2, -0.15) is 5.10 Å². The molecule has 2 aliphatic heterocycles. The largest absolute Gasteiger partial charge is 0.325 e. The van der Waals surface area contributed by atoms with E-state index in [1.54, 1.807) is 0 Å². The van der Waals surface area contributed by atoms with Crippen LogP contribution in [0.5, 0.6) is 0 Å². The fourth-order valence-corrected chi connectivity index (χ4v) is 3.66. The summed E-state index contributed by atoms with van der Waals surface area (Å²) in [5.74, 6) is 0.0439. The molecule has 1 atom stereocenters. The van der Waals surface area contributed by atoms with E-state index in [1.165, 1.54) is 0 Å². The van der Waals surface area contributed by atoms with Crippen LogP contribution in [0.25, 0.3) is 0 Å². The van der Waals surface area contributed by atoms with Crippen LogP contribution in [0.15, 0.2) is 21.7 Å². The van der Waals surface area contributed by atoms with E-state index in [-0.39, 0.29) is 23.1 Å². The Labute approximate surface area is 137 Å². The van der Waals surface area contributed by atoms with Crippen LogP contribution in [-0.4, -0.2) is 17.5 Å². The summed E-state index contributed by atoms with van der Waals surface area (Å²) in [6, 6.07) is 4.03. The van der Waals surface area contributed by atoms with Gasteiger partial charge in [-0.1, -0.05) is 20.8 Å². The SMILES string of the molecule is CC1CC(=O)NN=C1c1cc(Br)c2c(c1)C(C)(C)CC(=O)N2. The summed E-state index contributed by atoms with van der Waals surface area (Å²) in [6.07, 6.45) is 0.891. The number of amides is 2. The average molecular weight is 364 g/mol. The van der Waals surface area contributed by atoms with Crippen LogP contribution in [-0.2, 0) is 15.0 Å². The Morgan fingerprint density at radius 2 is 2.00 bits per heavy atom. The van der Waals surface area contributed by atoms with E-state index in [4.69, 9.17) is 0 Å². The highest BCUT2D eigenvalue weighted by Crippen LogP contribution is 2.42. The maximum atomic E-state index is 11.9. The number of carbonyl (C=O) groups excluding carboxylic acids is 2. The summed E-state index contributed by atoms with van der Waals surface area (Å²) in [4.78, 5) is 23.3. The lowest BCUT2D eigenvalue weighted by atomic mass is 9.76. The smallest absolute Gasteiger partial charge is 0.240 e. The molecule has 116 valence electrons. The Morgan fingerprint density at radius 3 is 2.68 bits per heavy atom. The molecular formula is C16H18BrN3O2. The molecule has 0 aliphatic carbocycles. The van der Waals surface area contributed by atoms with Gasteiger partial charge in [-0.05, 0) is 39.2 Å². The number of anilines is 1. The van der Waals surface area contributed by atoms with Crippen molar-refractivity contribution in [1.29, 1.82) is 0 Å². The molecule has 0 radical (unpaired) electrons. The first-order chi connectivity index (χ1) is 10.3. The van der Waals surface area contributed by atoms with Crippen molar-refractivity contribution in [2.45, 2.75) is 39.0 Å². The monoisotopic (exact) mass is 363 g/mol. The quantitative estimate of drug-likeness (QED) is 0.805. The van der Waals surface area contributed by atoms with Crippen molar-refractivity contribution in [2.24, 2.45) is 11.0 Å². The molecule has 22 heavy (non-hydrogen) atoms. The second kappa shape index (κ2) is 5.19. The van der Waals surface area contributed by atoms with E-state index in [0.717, 1.165) is 27.0 Å². The number of fused-ring (bicyclic) bond motifs is 1. The number of benzene rings is 1. The van der Waals surface area contributed by atoms with E-state index >= 15 is 0 Å². The topological polar surface area (TPSA) is 70.6 Å². The third-order valence-corrected chi connectivity index (χ3v) is 4.87. The van der Waals surface area contributed by atoms with E-state index in [1.807, 2.05) is 13.0 Å². The fourth-order valence-electron chi connectivity index (χ4n) is 3.10. The number of nitrogens with zero attached hydrogens (tertiary/aromatic N) is 1. The van der Waals surface area contributed by atoms with Gasteiger partial charge in [0.1, 0.15) is 0 Å². The molecule has 0 fully saturated rings. The van der Waals surface area contributed by atoms with E-state index in [0.29, 0.717) is 12.8 Å². The number of hydrazone groups is 1. The highest BCUT2D eigenvalue weighted by Gasteiger charge is 2.34. The molecule has 1 unspecified atom stereocenters. The van der Waals surface area contributed by atoms with Gasteiger partial charge >= 0.3 is 0 Å². The van der Waals surface area contributed by atoms with Gasteiger partial charge in [0, 0.05) is 28.6 Å². The van der Waals surface area contributed by atoms with Crippen molar-refractivity contribution in [2.75, 3.05) is 5.32 Å². The lowest BCUT2D eigenvalue weighted by Gasteiger charge is -2.33. The zero-order chi connectivity index (χ0) is 16.1. The molecular weight excluding hydrogens is 346 g/mol. The Bertz CT molecular complexity index is 710. The highest BCUT2D eigenvalue weighted by molar-refractivity contribution is 9.10. The van der Waals surface area contributed by atoms with Gasteiger partial charge in [0.15, 0.2) is 0 Å². The Kier molecular flexibility index (Phi) is 3.59. The second-order valence-corrected chi connectivity index (χ2v) is 7.48. The first kappa shape index (κ1) is 15.2. The molecule has 0 spiro atoms. The van der Waals surface area contributed by atoms with Gasteiger partial charge in [0.2, 0.25) is 11.8 Å². The second-order valence-electron chi connectivity index (χ2n) is 6.63. The summed E-state index contributed by atoms with van der Waals surface area (Å²) in [7, 11) is 0. The zero-order valence-corrected chi connectivity index (χ0v) is 14.4. The normalized spacial score (nSPS) is 23.3. The van der Waals surface area contributed by atoms with Gasteiger partial charge in [-0.3, -0.25) is 9.59 Å². The minimum absolute atomic E-state index is 0.0292. The minimum Gasteiger partial charge on any atom is -0.325 e. The van der Waals surface area contributed by atoms with Crippen molar-refractivity contribution in [3.05, 3.63) is 27.7 Å².